The van der Waals surface area contributed by atoms with Crippen molar-refractivity contribution in [2.24, 2.45) is 5.10 Å². The van der Waals surface area contributed by atoms with Crippen molar-refractivity contribution in [2.75, 3.05) is 20.3 Å². The maximum Gasteiger partial charge on any atom is 0.337 e. The van der Waals surface area contributed by atoms with Crippen molar-refractivity contribution in [3.8, 4) is 17.2 Å². The first-order valence-electron chi connectivity index (χ1n) is 11.9. The van der Waals surface area contributed by atoms with Gasteiger partial charge in [-0.2, -0.15) is 5.10 Å². The number of methoxy groups -OCH3 is 1. The Morgan fingerprint density at radius 1 is 1.20 bits per heavy atom. The molecule has 2 aromatic rings. The van der Waals surface area contributed by atoms with Crippen molar-refractivity contribution in [3.05, 3.63) is 59.9 Å². The summed E-state index contributed by atoms with van der Waals surface area (Å²) < 4.78 is 23.3. The lowest BCUT2D eigenvalue weighted by Gasteiger charge is -2.28. The van der Waals surface area contributed by atoms with Gasteiger partial charge in [-0.05, 0) is 88.9 Å². The third kappa shape index (κ3) is 8.20. The number of carbonyl (C=O) groups excluding carboxylic acids is 3. The Hall–Kier alpha value is -3.12. The van der Waals surface area contributed by atoms with Crippen molar-refractivity contribution in [1.82, 2.24) is 16.1 Å². The lowest BCUT2D eigenvalue weighted by Crippen LogP contribution is -2.45. The van der Waals surface area contributed by atoms with Gasteiger partial charge >= 0.3 is 18.0 Å². The van der Waals surface area contributed by atoms with Crippen LogP contribution in [0.2, 0.25) is 0 Å². The molecule has 0 unspecified atom stereocenters. The lowest BCUT2D eigenvalue weighted by atomic mass is 9.95. The second kappa shape index (κ2) is 14.5. The number of benzene rings is 2. The van der Waals surface area contributed by atoms with Crippen LogP contribution in [0.3, 0.4) is 0 Å². The monoisotopic (exact) mass is 778 g/mol. The van der Waals surface area contributed by atoms with Gasteiger partial charge in [0.25, 0.3) is 0 Å². The quantitative estimate of drug-likeness (QED) is 0.0672. The molecule has 3 rings (SSSR count). The summed E-state index contributed by atoms with van der Waals surface area (Å²) in [5, 5.41) is 19.7. The zero-order valence-electron chi connectivity index (χ0n) is 22.0. The van der Waals surface area contributed by atoms with Gasteiger partial charge in [-0.15, -0.1) is 0 Å². The molecule has 2 amide bonds. The molecule has 12 nitrogen and oxygen atoms in total. The van der Waals surface area contributed by atoms with Crippen LogP contribution < -0.4 is 30.3 Å². The molecule has 1 heterocycles. The molecule has 0 fully saturated rings. The van der Waals surface area contributed by atoms with Gasteiger partial charge in [0, 0.05) is 21.8 Å². The minimum absolute atomic E-state index is 0.187. The van der Waals surface area contributed by atoms with Crippen LogP contribution >= 0.6 is 45.2 Å². The zero-order valence-corrected chi connectivity index (χ0v) is 26.4. The smallest absolute Gasteiger partial charge is 0.337 e. The third-order valence-corrected chi connectivity index (χ3v) is 6.81. The summed E-state index contributed by atoms with van der Waals surface area (Å²) in [4.78, 5) is 36.0. The second-order valence-electron chi connectivity index (χ2n) is 8.31. The molecule has 0 radical (unpaired) electrons. The summed E-state index contributed by atoms with van der Waals surface area (Å²) in [6, 6.07) is 7.38. The van der Waals surface area contributed by atoms with Crippen molar-refractivity contribution >= 4 is 69.4 Å². The van der Waals surface area contributed by atoms with Crippen molar-refractivity contribution < 1.29 is 38.4 Å². The minimum Gasteiger partial charge on any atom is -0.490 e. The predicted molar refractivity (Wildman–Crippen MR) is 162 cm³/mol. The van der Waals surface area contributed by atoms with E-state index in [1.54, 1.807) is 38.1 Å². The number of aliphatic hydroxyl groups excluding tert-OH is 1. The number of esters is 2. The molecule has 2 atom stereocenters. The topological polar surface area (TPSA) is 157 Å². The largest absolute Gasteiger partial charge is 0.490 e. The standard InChI is InChI=1S/C26H28I2N4O8/c1-5-38-20-9-15(23-22(25(35)37-4)13(2)30-26(36)31-23)6-7-19(20)39-12-21(34)32-29-11-16-8-17(27)10-18(28)24(16)40-14(3)33/h6-11,21,23,32,34H,5,12H2,1-4H3,(H2,30,31,36)/b29-11+/t21-,23+/m1/s1. The average molecular weight is 778 g/mol. The average Bonchev–Trinajstić information content (AvgIpc) is 2.89. The molecular formula is C26H28I2N4O8. The molecule has 40 heavy (non-hydrogen) atoms. The molecule has 0 bridgehead atoms. The summed E-state index contributed by atoms with van der Waals surface area (Å²) in [5.74, 6) is 0.0196. The van der Waals surface area contributed by atoms with E-state index in [1.165, 1.54) is 20.2 Å². The molecule has 2 aromatic carbocycles. The normalized spacial score (nSPS) is 15.7. The number of amides is 2. The van der Waals surface area contributed by atoms with E-state index >= 15 is 0 Å². The molecule has 0 aromatic heterocycles. The first-order chi connectivity index (χ1) is 19.0. The maximum atomic E-state index is 12.4. The van der Waals surface area contributed by atoms with E-state index in [0.717, 1.165) is 7.14 Å². The Balaban J connectivity index is 1.73. The van der Waals surface area contributed by atoms with Crippen molar-refractivity contribution in [1.29, 1.82) is 0 Å². The number of hydrogen-bond acceptors (Lipinski definition) is 10. The molecule has 0 spiro atoms. The molecule has 4 N–H and O–H groups in total. The molecule has 0 saturated heterocycles. The van der Waals surface area contributed by atoms with Gasteiger partial charge in [-0.1, -0.05) is 6.07 Å². The number of urea groups is 1. The summed E-state index contributed by atoms with van der Waals surface area (Å²) in [6.45, 7) is 4.87. The van der Waals surface area contributed by atoms with E-state index in [0.29, 0.717) is 40.7 Å². The Labute approximate surface area is 258 Å². The number of halogens is 2. The van der Waals surface area contributed by atoms with Crippen molar-refractivity contribution in [2.45, 2.75) is 33.0 Å². The number of nitrogens with zero attached hydrogens (tertiary/aromatic N) is 1. The second-order valence-corrected chi connectivity index (χ2v) is 10.7. The van der Waals surface area contributed by atoms with E-state index in [2.05, 4.69) is 66.3 Å². The number of hydrazone groups is 1. The number of aliphatic hydroxyl groups is 1. The van der Waals surface area contributed by atoms with Crippen LogP contribution in [0.25, 0.3) is 0 Å². The highest BCUT2D eigenvalue weighted by Gasteiger charge is 2.32. The number of allylic oxidation sites excluding steroid dienone is 1. The van der Waals surface area contributed by atoms with Gasteiger partial charge in [0.05, 0.1) is 35.1 Å². The predicted octanol–water partition coefficient (Wildman–Crippen LogP) is 3.34. The zero-order chi connectivity index (χ0) is 29.4. The van der Waals surface area contributed by atoms with Crippen LogP contribution in [0.1, 0.15) is 37.9 Å². The van der Waals surface area contributed by atoms with E-state index in [-0.39, 0.29) is 12.2 Å². The number of carbonyl (C=O) groups is 3. The third-order valence-electron chi connectivity index (χ3n) is 5.38. The van der Waals surface area contributed by atoms with Gasteiger partial charge in [-0.3, -0.25) is 10.2 Å². The van der Waals surface area contributed by atoms with Gasteiger partial charge < -0.3 is 34.7 Å². The van der Waals surface area contributed by atoms with Crippen molar-refractivity contribution in [3.63, 3.8) is 0 Å². The Kier molecular flexibility index (Phi) is 11.4. The van der Waals surface area contributed by atoms with E-state index in [4.69, 9.17) is 18.9 Å². The molecule has 14 heteroatoms. The SMILES string of the molecule is CCOc1cc([C@@H]2NC(=O)NC(C)=C2C(=O)OC)ccc1OC[C@@H](O)N/N=C/c1cc(I)cc(I)c1OC(C)=O. The first-order valence-corrected chi connectivity index (χ1v) is 14.1. The highest BCUT2D eigenvalue weighted by molar-refractivity contribution is 14.1. The van der Waals surface area contributed by atoms with Crippen LogP contribution in [0.15, 0.2) is 46.7 Å². The van der Waals surface area contributed by atoms with Gasteiger partial charge in [0.2, 0.25) is 0 Å². The van der Waals surface area contributed by atoms with Crippen LogP contribution in [0.5, 0.6) is 17.2 Å². The molecular weight excluding hydrogens is 750 g/mol. The number of hydrogen-bond donors (Lipinski definition) is 4. The van der Waals surface area contributed by atoms with Gasteiger partial charge in [0.1, 0.15) is 6.61 Å². The highest BCUT2D eigenvalue weighted by Crippen LogP contribution is 2.35. The van der Waals surface area contributed by atoms with Crippen LogP contribution in [0.4, 0.5) is 4.79 Å². The minimum atomic E-state index is -1.19. The van der Waals surface area contributed by atoms with E-state index < -0.39 is 30.2 Å². The fourth-order valence-electron chi connectivity index (χ4n) is 3.74. The Morgan fingerprint density at radius 3 is 2.62 bits per heavy atom. The highest BCUT2D eigenvalue weighted by atomic mass is 127. The van der Waals surface area contributed by atoms with Crippen LogP contribution in [-0.2, 0) is 14.3 Å². The number of nitrogens with one attached hydrogen (secondary N) is 3. The fourth-order valence-corrected chi connectivity index (χ4v) is 5.74. The molecule has 1 aliphatic heterocycles. The summed E-state index contributed by atoms with van der Waals surface area (Å²) in [5.41, 5.74) is 4.35. The molecule has 0 saturated carbocycles. The molecule has 0 aliphatic carbocycles. The Bertz CT molecular complexity index is 1350. The van der Waals surface area contributed by atoms with Gasteiger partial charge in [0.15, 0.2) is 23.5 Å². The first kappa shape index (κ1) is 31.4. The van der Waals surface area contributed by atoms with E-state index in [9.17, 15) is 19.5 Å². The van der Waals surface area contributed by atoms with Crippen LogP contribution in [-0.4, -0.2) is 55.8 Å². The summed E-state index contributed by atoms with van der Waals surface area (Å²) in [6.07, 6.45) is 0.248. The van der Waals surface area contributed by atoms with E-state index in [1.807, 2.05) is 6.07 Å². The maximum absolute atomic E-state index is 12.4. The summed E-state index contributed by atoms with van der Waals surface area (Å²) in [7, 11) is 1.27. The fraction of sp³-hybridized carbons (Fsp3) is 0.308. The molecule has 1 aliphatic rings. The summed E-state index contributed by atoms with van der Waals surface area (Å²) >= 11 is 4.21. The Morgan fingerprint density at radius 2 is 1.95 bits per heavy atom. The van der Waals surface area contributed by atoms with Gasteiger partial charge in [-0.25, -0.2) is 9.59 Å². The lowest BCUT2D eigenvalue weighted by molar-refractivity contribution is -0.136. The number of rotatable bonds is 11. The molecule has 214 valence electrons. The number of ether oxygens (including phenoxy) is 4. The van der Waals surface area contributed by atoms with Crippen LogP contribution in [0, 0.1) is 7.14 Å².